The van der Waals surface area contributed by atoms with Gasteiger partial charge in [0.2, 0.25) is 0 Å². The molecule has 6 heteroatoms. The average molecular weight is 349 g/mol. The first-order valence-electron chi connectivity index (χ1n) is 9.04. The fourth-order valence-electron chi connectivity index (χ4n) is 3.74. The summed E-state index contributed by atoms with van der Waals surface area (Å²) < 4.78 is 3.76. The predicted molar refractivity (Wildman–Crippen MR) is 99.3 cm³/mol. The summed E-state index contributed by atoms with van der Waals surface area (Å²) in [7, 11) is 0. The van der Waals surface area contributed by atoms with Crippen LogP contribution in [0.2, 0.25) is 0 Å². The molecule has 26 heavy (non-hydrogen) atoms. The maximum absolute atomic E-state index is 13.2. The molecule has 1 saturated heterocycles. The molecule has 3 aromatic rings. The van der Waals surface area contributed by atoms with Crippen molar-refractivity contribution in [1.29, 1.82) is 0 Å². The highest BCUT2D eigenvalue weighted by molar-refractivity contribution is 5.95. The Morgan fingerprint density at radius 3 is 2.81 bits per heavy atom. The van der Waals surface area contributed by atoms with E-state index in [1.165, 1.54) is 0 Å². The van der Waals surface area contributed by atoms with Crippen molar-refractivity contribution in [3.8, 4) is 5.69 Å². The number of carbonyl (C=O) groups is 1. The van der Waals surface area contributed by atoms with E-state index in [-0.39, 0.29) is 11.9 Å². The maximum Gasteiger partial charge on any atom is 0.257 e. The van der Waals surface area contributed by atoms with Crippen molar-refractivity contribution < 1.29 is 4.79 Å². The van der Waals surface area contributed by atoms with Crippen molar-refractivity contribution in [1.82, 2.24) is 24.5 Å². The number of nitrogens with zero attached hydrogens (tertiary/aromatic N) is 5. The van der Waals surface area contributed by atoms with Crippen molar-refractivity contribution in [2.75, 3.05) is 6.54 Å². The summed E-state index contributed by atoms with van der Waals surface area (Å²) >= 11 is 0. The van der Waals surface area contributed by atoms with Gasteiger partial charge in [0.05, 0.1) is 35.7 Å². The third-order valence-corrected chi connectivity index (χ3v) is 5.18. The van der Waals surface area contributed by atoms with Gasteiger partial charge in [-0.3, -0.25) is 9.48 Å². The SMILES string of the molecule is Cc1ccccc1-n1ncc(C(=O)N2CCC[C@@H]2Cn2cccn2)c1C. The van der Waals surface area contributed by atoms with Gasteiger partial charge < -0.3 is 4.90 Å². The minimum Gasteiger partial charge on any atom is -0.334 e. The van der Waals surface area contributed by atoms with Crippen molar-refractivity contribution in [3.05, 3.63) is 65.7 Å². The standard InChI is InChI=1S/C20H23N5O/c1-15-7-3-4-9-19(15)25-16(2)18(13-22-25)20(26)24-12-5-8-17(24)14-23-11-6-10-21-23/h3-4,6-7,9-11,13,17H,5,8,12,14H2,1-2H3/t17-/m1/s1. The quantitative estimate of drug-likeness (QED) is 0.728. The van der Waals surface area contributed by atoms with Gasteiger partial charge >= 0.3 is 0 Å². The molecule has 0 radical (unpaired) electrons. The minimum absolute atomic E-state index is 0.0667. The van der Waals surface area contributed by atoms with Gasteiger partial charge in [-0.25, -0.2) is 4.68 Å². The summed E-state index contributed by atoms with van der Waals surface area (Å²) in [5.41, 5.74) is 3.71. The molecule has 3 heterocycles. The van der Waals surface area contributed by atoms with E-state index in [4.69, 9.17) is 0 Å². The number of rotatable bonds is 4. The number of hydrogen-bond donors (Lipinski definition) is 0. The van der Waals surface area contributed by atoms with Crippen molar-refractivity contribution in [2.24, 2.45) is 0 Å². The minimum atomic E-state index is 0.0667. The molecule has 1 atom stereocenters. The third kappa shape index (κ3) is 2.92. The van der Waals surface area contributed by atoms with Crippen LogP contribution in [0.15, 0.2) is 48.9 Å². The van der Waals surface area contributed by atoms with Crippen LogP contribution in [-0.4, -0.2) is 43.0 Å². The second-order valence-corrected chi connectivity index (χ2v) is 6.86. The Morgan fingerprint density at radius 2 is 2.04 bits per heavy atom. The van der Waals surface area contributed by atoms with Crippen LogP contribution in [-0.2, 0) is 6.54 Å². The molecule has 1 fully saturated rings. The van der Waals surface area contributed by atoms with Gasteiger partial charge in [-0.15, -0.1) is 0 Å². The largest absolute Gasteiger partial charge is 0.334 e. The van der Waals surface area contributed by atoms with E-state index in [0.29, 0.717) is 5.56 Å². The Bertz CT molecular complexity index is 912. The summed E-state index contributed by atoms with van der Waals surface area (Å²) in [4.78, 5) is 15.2. The topological polar surface area (TPSA) is 56.0 Å². The van der Waals surface area contributed by atoms with E-state index >= 15 is 0 Å². The Kier molecular flexibility index (Phi) is 4.32. The number of benzene rings is 1. The molecule has 2 aromatic heterocycles. The summed E-state index contributed by atoms with van der Waals surface area (Å²) in [6, 6.07) is 10.2. The van der Waals surface area contributed by atoms with Gasteiger partial charge in [0, 0.05) is 18.9 Å². The number of aryl methyl sites for hydroxylation is 1. The summed E-state index contributed by atoms with van der Waals surface area (Å²) in [6.07, 6.45) is 7.46. The van der Waals surface area contributed by atoms with Crippen molar-refractivity contribution in [2.45, 2.75) is 39.3 Å². The first-order valence-corrected chi connectivity index (χ1v) is 9.04. The molecular weight excluding hydrogens is 326 g/mol. The van der Waals surface area contributed by atoms with Crippen LogP contribution in [0.1, 0.15) is 34.5 Å². The zero-order valence-electron chi connectivity index (χ0n) is 15.2. The summed E-state index contributed by atoms with van der Waals surface area (Å²) in [5.74, 6) is 0.0667. The molecule has 0 spiro atoms. The molecule has 4 rings (SSSR count). The third-order valence-electron chi connectivity index (χ3n) is 5.18. The highest BCUT2D eigenvalue weighted by atomic mass is 16.2. The van der Waals surface area contributed by atoms with E-state index in [2.05, 4.69) is 23.2 Å². The van der Waals surface area contributed by atoms with Gasteiger partial charge in [0.25, 0.3) is 5.91 Å². The number of amides is 1. The molecule has 6 nitrogen and oxygen atoms in total. The average Bonchev–Trinajstić information content (AvgIpc) is 3.37. The number of aromatic nitrogens is 4. The zero-order chi connectivity index (χ0) is 18.1. The molecule has 0 N–H and O–H groups in total. The van der Waals surface area contributed by atoms with Crippen LogP contribution in [0.25, 0.3) is 5.69 Å². The van der Waals surface area contributed by atoms with Gasteiger partial charge in [-0.2, -0.15) is 10.2 Å². The lowest BCUT2D eigenvalue weighted by Crippen LogP contribution is -2.38. The van der Waals surface area contributed by atoms with Crippen LogP contribution in [0.3, 0.4) is 0 Å². The second-order valence-electron chi connectivity index (χ2n) is 6.86. The highest BCUT2D eigenvalue weighted by Gasteiger charge is 2.31. The molecule has 1 aromatic carbocycles. The van der Waals surface area contributed by atoms with Crippen LogP contribution in [0.5, 0.6) is 0 Å². The lowest BCUT2D eigenvalue weighted by atomic mass is 10.1. The number of likely N-dealkylation sites (tertiary alicyclic amines) is 1. The van der Waals surface area contributed by atoms with Gasteiger partial charge in [0.15, 0.2) is 0 Å². The fourth-order valence-corrected chi connectivity index (χ4v) is 3.74. The van der Waals surface area contributed by atoms with Crippen LogP contribution in [0, 0.1) is 13.8 Å². The van der Waals surface area contributed by atoms with Gasteiger partial charge in [-0.05, 0) is 44.4 Å². The van der Waals surface area contributed by atoms with Crippen LogP contribution < -0.4 is 0 Å². The molecule has 0 saturated carbocycles. The van der Waals surface area contributed by atoms with Crippen molar-refractivity contribution in [3.63, 3.8) is 0 Å². The zero-order valence-corrected chi connectivity index (χ0v) is 15.2. The monoisotopic (exact) mass is 349 g/mol. The number of carbonyl (C=O) groups excluding carboxylic acids is 1. The van der Waals surface area contributed by atoms with Crippen molar-refractivity contribution >= 4 is 5.91 Å². The number of hydrogen-bond acceptors (Lipinski definition) is 3. The fraction of sp³-hybridized carbons (Fsp3) is 0.350. The first kappa shape index (κ1) is 16.6. The first-order chi connectivity index (χ1) is 12.6. The molecule has 0 unspecified atom stereocenters. The van der Waals surface area contributed by atoms with E-state index in [9.17, 15) is 4.79 Å². The Balaban J connectivity index is 1.59. The lowest BCUT2D eigenvalue weighted by molar-refractivity contribution is 0.0721. The molecule has 1 amide bonds. The second kappa shape index (κ2) is 6.78. The van der Waals surface area contributed by atoms with E-state index in [1.54, 1.807) is 12.4 Å². The predicted octanol–water partition coefficient (Wildman–Crippen LogP) is 2.99. The van der Waals surface area contributed by atoms with E-state index in [1.807, 2.05) is 51.6 Å². The molecule has 1 aliphatic rings. The molecule has 0 aliphatic carbocycles. The van der Waals surface area contributed by atoms with Crippen LogP contribution in [0.4, 0.5) is 0 Å². The smallest absolute Gasteiger partial charge is 0.257 e. The normalized spacial score (nSPS) is 17.0. The molecule has 0 bridgehead atoms. The number of para-hydroxylation sites is 1. The van der Waals surface area contributed by atoms with E-state index < -0.39 is 0 Å². The Hall–Kier alpha value is -2.89. The summed E-state index contributed by atoms with van der Waals surface area (Å²) in [5, 5.41) is 8.77. The lowest BCUT2D eigenvalue weighted by Gasteiger charge is -2.24. The molecule has 134 valence electrons. The van der Waals surface area contributed by atoms with Gasteiger partial charge in [0.1, 0.15) is 0 Å². The van der Waals surface area contributed by atoms with E-state index in [0.717, 1.165) is 42.9 Å². The Labute approximate surface area is 153 Å². The Morgan fingerprint density at radius 1 is 1.19 bits per heavy atom. The molecule has 1 aliphatic heterocycles. The summed E-state index contributed by atoms with van der Waals surface area (Å²) in [6.45, 7) is 5.55. The maximum atomic E-state index is 13.2. The highest BCUT2D eigenvalue weighted by Crippen LogP contribution is 2.24. The van der Waals surface area contributed by atoms with Gasteiger partial charge in [-0.1, -0.05) is 18.2 Å². The van der Waals surface area contributed by atoms with Crippen LogP contribution >= 0.6 is 0 Å². The molecular formula is C20H23N5O.